The van der Waals surface area contributed by atoms with Gasteiger partial charge in [-0.15, -0.1) is 12.4 Å². The molecule has 0 aromatic rings. The number of hydrogen-bond acceptors (Lipinski definition) is 4. The summed E-state index contributed by atoms with van der Waals surface area (Å²) in [6, 6.07) is -0.429. The highest BCUT2D eigenvalue weighted by molar-refractivity contribution is 6.08. The molecule has 2 saturated heterocycles. The van der Waals surface area contributed by atoms with Crippen molar-refractivity contribution in [2.24, 2.45) is 0 Å². The molecule has 0 spiro atoms. The minimum atomic E-state index is -0.927. The van der Waals surface area contributed by atoms with Gasteiger partial charge in [0.15, 0.2) is 0 Å². The maximum Gasteiger partial charge on any atom is 0.325 e. The fourth-order valence-electron chi connectivity index (χ4n) is 2.35. The van der Waals surface area contributed by atoms with E-state index in [1.54, 1.807) is 13.8 Å². The van der Waals surface area contributed by atoms with Gasteiger partial charge in [0.1, 0.15) is 12.1 Å². The number of carbonyl (C=O) groups excluding carboxylic acids is 3. The van der Waals surface area contributed by atoms with Crippen LogP contribution < -0.4 is 16.0 Å². The van der Waals surface area contributed by atoms with Crippen molar-refractivity contribution in [3.8, 4) is 0 Å². The Morgan fingerprint density at radius 1 is 1.45 bits per heavy atom. The molecule has 2 aliphatic heterocycles. The van der Waals surface area contributed by atoms with Crippen LogP contribution in [0.3, 0.4) is 0 Å². The lowest BCUT2D eigenvalue weighted by atomic mass is 10.1. The van der Waals surface area contributed by atoms with E-state index in [9.17, 15) is 14.4 Å². The lowest BCUT2D eigenvalue weighted by Gasteiger charge is -2.24. The molecule has 0 aromatic carbocycles. The van der Waals surface area contributed by atoms with Crippen molar-refractivity contribution in [3.63, 3.8) is 0 Å². The molecule has 114 valence electrons. The number of amides is 4. The number of imide groups is 1. The summed E-state index contributed by atoms with van der Waals surface area (Å²) in [5, 5.41) is 8.58. The zero-order chi connectivity index (χ0) is 14.0. The van der Waals surface area contributed by atoms with E-state index < -0.39 is 11.6 Å². The normalized spacial score (nSPS) is 24.9. The van der Waals surface area contributed by atoms with Gasteiger partial charge >= 0.3 is 6.03 Å². The second-order valence-corrected chi connectivity index (χ2v) is 5.56. The third-order valence-corrected chi connectivity index (χ3v) is 3.41. The van der Waals surface area contributed by atoms with E-state index in [0.29, 0.717) is 0 Å². The summed E-state index contributed by atoms with van der Waals surface area (Å²) < 4.78 is 0. The van der Waals surface area contributed by atoms with Crippen LogP contribution >= 0.6 is 12.4 Å². The predicted octanol–water partition coefficient (Wildman–Crippen LogP) is -0.393. The van der Waals surface area contributed by atoms with Crippen molar-refractivity contribution in [1.29, 1.82) is 0 Å². The standard InChI is InChI=1S/C12H20N4O3.ClH/c1-12(2)10(18)16(11(19)15-12)7-9(17)14-8-4-3-5-13-6-8;/h8,13H,3-7H2,1-2H3,(H,14,17)(H,15,19);1H/t8-;/m0./s1. The van der Waals surface area contributed by atoms with E-state index in [-0.39, 0.29) is 36.8 Å². The number of nitrogens with one attached hydrogen (secondary N) is 3. The van der Waals surface area contributed by atoms with Crippen LogP contribution in [-0.2, 0) is 9.59 Å². The highest BCUT2D eigenvalue weighted by Gasteiger charge is 2.44. The molecule has 2 heterocycles. The number of rotatable bonds is 3. The number of carbonyl (C=O) groups is 3. The number of halogens is 1. The first-order valence-electron chi connectivity index (χ1n) is 6.54. The molecule has 0 bridgehead atoms. The minimum absolute atomic E-state index is 0. The third-order valence-electron chi connectivity index (χ3n) is 3.41. The van der Waals surface area contributed by atoms with Gasteiger partial charge in [-0.25, -0.2) is 4.79 Å². The lowest BCUT2D eigenvalue weighted by molar-refractivity contribution is -0.134. The first-order valence-corrected chi connectivity index (χ1v) is 6.54. The average Bonchev–Trinajstić information content (AvgIpc) is 2.53. The Balaban J connectivity index is 0.00000200. The maximum absolute atomic E-state index is 11.9. The van der Waals surface area contributed by atoms with Gasteiger partial charge in [-0.2, -0.15) is 0 Å². The molecule has 0 unspecified atom stereocenters. The Labute approximate surface area is 124 Å². The second-order valence-electron chi connectivity index (χ2n) is 5.56. The van der Waals surface area contributed by atoms with Gasteiger partial charge in [0.2, 0.25) is 5.91 Å². The number of nitrogens with zero attached hydrogens (tertiary/aromatic N) is 1. The number of piperidine rings is 1. The fraction of sp³-hybridized carbons (Fsp3) is 0.750. The van der Waals surface area contributed by atoms with Crippen LogP contribution in [0.15, 0.2) is 0 Å². The van der Waals surface area contributed by atoms with E-state index in [1.807, 2.05) is 0 Å². The summed E-state index contributed by atoms with van der Waals surface area (Å²) in [7, 11) is 0. The van der Waals surface area contributed by atoms with Crippen LogP contribution in [0.1, 0.15) is 26.7 Å². The Bertz CT molecular complexity index is 408. The molecular formula is C12H21ClN4O3. The summed E-state index contributed by atoms with van der Waals surface area (Å²) in [5.74, 6) is -0.663. The van der Waals surface area contributed by atoms with Crippen molar-refractivity contribution in [2.45, 2.75) is 38.3 Å². The molecular weight excluding hydrogens is 284 g/mol. The van der Waals surface area contributed by atoms with Gasteiger partial charge in [0.05, 0.1) is 0 Å². The quantitative estimate of drug-likeness (QED) is 0.619. The average molecular weight is 305 g/mol. The third kappa shape index (κ3) is 3.61. The van der Waals surface area contributed by atoms with Gasteiger partial charge in [-0.3, -0.25) is 14.5 Å². The van der Waals surface area contributed by atoms with Crippen LogP contribution in [0.5, 0.6) is 0 Å². The summed E-state index contributed by atoms with van der Waals surface area (Å²) in [6.07, 6.45) is 1.94. The minimum Gasteiger partial charge on any atom is -0.351 e. The summed E-state index contributed by atoms with van der Waals surface area (Å²) in [5.41, 5.74) is -0.927. The number of hydrogen-bond donors (Lipinski definition) is 3. The molecule has 2 fully saturated rings. The molecule has 2 aliphatic rings. The first-order chi connectivity index (χ1) is 8.90. The van der Waals surface area contributed by atoms with Gasteiger partial charge in [-0.05, 0) is 33.2 Å². The first kappa shape index (κ1) is 16.7. The topological polar surface area (TPSA) is 90.5 Å². The SMILES string of the molecule is CC1(C)NC(=O)N(CC(=O)N[C@H]2CCCNC2)C1=O.Cl. The summed E-state index contributed by atoms with van der Waals surface area (Å²) >= 11 is 0. The molecule has 2 rings (SSSR count). The largest absolute Gasteiger partial charge is 0.351 e. The van der Waals surface area contributed by atoms with Gasteiger partial charge in [-0.1, -0.05) is 0 Å². The molecule has 0 aliphatic carbocycles. The smallest absolute Gasteiger partial charge is 0.325 e. The van der Waals surface area contributed by atoms with Gasteiger partial charge in [0.25, 0.3) is 5.91 Å². The van der Waals surface area contributed by atoms with E-state index in [4.69, 9.17) is 0 Å². The molecule has 3 N–H and O–H groups in total. The Hall–Kier alpha value is -1.34. The molecule has 4 amide bonds. The van der Waals surface area contributed by atoms with E-state index >= 15 is 0 Å². The van der Waals surface area contributed by atoms with Crippen LogP contribution in [-0.4, -0.2) is 54.0 Å². The Morgan fingerprint density at radius 3 is 2.65 bits per heavy atom. The van der Waals surface area contributed by atoms with Crippen LogP contribution in [0, 0.1) is 0 Å². The van der Waals surface area contributed by atoms with Crippen molar-refractivity contribution >= 4 is 30.3 Å². The molecule has 7 nitrogen and oxygen atoms in total. The molecule has 8 heteroatoms. The molecule has 0 saturated carbocycles. The highest BCUT2D eigenvalue weighted by atomic mass is 35.5. The van der Waals surface area contributed by atoms with Crippen LogP contribution in [0.2, 0.25) is 0 Å². The predicted molar refractivity (Wildman–Crippen MR) is 75.6 cm³/mol. The molecule has 20 heavy (non-hydrogen) atoms. The summed E-state index contributed by atoms with van der Waals surface area (Å²) in [6.45, 7) is 4.72. The van der Waals surface area contributed by atoms with Crippen molar-refractivity contribution in [3.05, 3.63) is 0 Å². The van der Waals surface area contributed by atoms with Crippen LogP contribution in [0.4, 0.5) is 4.79 Å². The van der Waals surface area contributed by atoms with E-state index in [0.717, 1.165) is 30.8 Å². The van der Waals surface area contributed by atoms with Crippen molar-refractivity contribution < 1.29 is 14.4 Å². The van der Waals surface area contributed by atoms with Gasteiger partial charge < -0.3 is 16.0 Å². The highest BCUT2D eigenvalue weighted by Crippen LogP contribution is 2.16. The molecule has 1 atom stereocenters. The monoisotopic (exact) mass is 304 g/mol. The number of urea groups is 1. The van der Waals surface area contributed by atoms with Crippen molar-refractivity contribution in [2.75, 3.05) is 19.6 Å². The fourth-order valence-corrected chi connectivity index (χ4v) is 2.35. The maximum atomic E-state index is 11.9. The van der Waals surface area contributed by atoms with E-state index in [2.05, 4.69) is 16.0 Å². The van der Waals surface area contributed by atoms with Crippen LogP contribution in [0.25, 0.3) is 0 Å². The van der Waals surface area contributed by atoms with E-state index in [1.165, 1.54) is 0 Å². The Kier molecular flexibility index (Phi) is 5.35. The second kappa shape index (κ2) is 6.41. The van der Waals surface area contributed by atoms with Crippen molar-refractivity contribution in [1.82, 2.24) is 20.9 Å². The molecule has 0 radical (unpaired) electrons. The lowest BCUT2D eigenvalue weighted by Crippen LogP contribution is -2.49. The molecule has 0 aromatic heterocycles. The van der Waals surface area contributed by atoms with Gasteiger partial charge in [0, 0.05) is 12.6 Å². The Morgan fingerprint density at radius 2 is 2.15 bits per heavy atom. The zero-order valence-corrected chi connectivity index (χ0v) is 12.5. The summed E-state index contributed by atoms with van der Waals surface area (Å²) in [4.78, 5) is 36.4. The zero-order valence-electron chi connectivity index (χ0n) is 11.7.